The van der Waals surface area contributed by atoms with Crippen LogP contribution in [0.2, 0.25) is 0 Å². The van der Waals surface area contributed by atoms with Crippen molar-refractivity contribution in [2.24, 2.45) is 50.2 Å². The van der Waals surface area contributed by atoms with Crippen molar-refractivity contribution in [3.63, 3.8) is 0 Å². The van der Waals surface area contributed by atoms with Crippen molar-refractivity contribution in [3.8, 4) is 0 Å². The lowest BCUT2D eigenvalue weighted by Gasteiger charge is -2.71. The standard InChI is InChI=1S/C37H62N2O2/c1-10-39(11-2)23-22-38-31(41)37-20-18-32(3,4)24-28(37)27-12-13-30-34(7)16-14-26(25-40)33(5,6)29(34)15-17-36(30,9)35(27,8)19-21-37/h25-26,29-30H,10-24H2,1-9H3,(H,38,41)/t26-,29+,30-,34+,35-,36-,37+/m1/s1. The van der Waals surface area contributed by atoms with Crippen LogP contribution in [0.15, 0.2) is 11.1 Å². The summed E-state index contributed by atoms with van der Waals surface area (Å²) in [6.45, 7) is 25.7. The summed E-state index contributed by atoms with van der Waals surface area (Å²) < 4.78 is 0. The van der Waals surface area contributed by atoms with Crippen molar-refractivity contribution in [2.75, 3.05) is 26.2 Å². The van der Waals surface area contributed by atoms with Crippen molar-refractivity contribution in [2.45, 2.75) is 133 Å². The summed E-state index contributed by atoms with van der Waals surface area (Å²) in [5, 5.41) is 3.46. The van der Waals surface area contributed by atoms with E-state index in [-0.39, 0.29) is 38.4 Å². The lowest BCUT2D eigenvalue weighted by molar-refractivity contribution is -0.192. The van der Waals surface area contributed by atoms with Crippen LogP contribution in [0.3, 0.4) is 0 Å². The Morgan fingerprint density at radius 2 is 1.54 bits per heavy atom. The molecular weight excluding hydrogens is 504 g/mol. The Bertz CT molecular complexity index is 1070. The van der Waals surface area contributed by atoms with Gasteiger partial charge in [-0.25, -0.2) is 0 Å². The first kappa shape index (κ1) is 31.3. The first-order valence-electron chi connectivity index (χ1n) is 17.3. The third kappa shape index (κ3) is 4.53. The summed E-state index contributed by atoms with van der Waals surface area (Å²) in [7, 11) is 0. The van der Waals surface area contributed by atoms with Gasteiger partial charge in [0.25, 0.3) is 0 Å². The highest BCUT2D eigenvalue weighted by Gasteiger charge is 2.68. The molecule has 232 valence electrons. The average Bonchev–Trinajstić information content (AvgIpc) is 2.91. The molecule has 5 aliphatic carbocycles. The van der Waals surface area contributed by atoms with Crippen molar-refractivity contribution in [1.82, 2.24) is 10.2 Å². The summed E-state index contributed by atoms with van der Waals surface area (Å²) in [5.74, 6) is 1.81. The Balaban J connectivity index is 1.51. The molecule has 5 rings (SSSR count). The van der Waals surface area contributed by atoms with E-state index >= 15 is 0 Å². The van der Waals surface area contributed by atoms with Crippen LogP contribution in [0.25, 0.3) is 0 Å². The molecule has 5 aliphatic rings. The minimum atomic E-state index is -0.304. The first-order valence-corrected chi connectivity index (χ1v) is 17.3. The van der Waals surface area contributed by atoms with Gasteiger partial charge in [0.15, 0.2) is 0 Å². The van der Waals surface area contributed by atoms with E-state index in [0.717, 1.165) is 71.1 Å². The van der Waals surface area contributed by atoms with Gasteiger partial charge in [-0.15, -0.1) is 0 Å². The van der Waals surface area contributed by atoms with Gasteiger partial charge in [-0.05, 0) is 123 Å². The second kappa shape index (κ2) is 10.5. The minimum absolute atomic E-state index is 0.0774. The van der Waals surface area contributed by atoms with Crippen molar-refractivity contribution >= 4 is 12.2 Å². The van der Waals surface area contributed by atoms with Gasteiger partial charge in [0.1, 0.15) is 6.29 Å². The number of nitrogens with zero attached hydrogens (tertiary/aromatic N) is 1. The number of hydrogen-bond donors (Lipinski definition) is 1. The Morgan fingerprint density at radius 3 is 2.20 bits per heavy atom. The number of fused-ring (bicyclic) bond motifs is 6. The molecule has 7 atom stereocenters. The zero-order chi connectivity index (χ0) is 30.1. The molecule has 0 spiro atoms. The number of likely N-dealkylation sites (N-methyl/N-ethyl adjacent to an activating group) is 1. The Morgan fingerprint density at radius 1 is 0.854 bits per heavy atom. The summed E-state index contributed by atoms with van der Waals surface area (Å²) in [4.78, 5) is 28.7. The van der Waals surface area contributed by atoms with E-state index < -0.39 is 0 Å². The molecule has 0 aromatic carbocycles. The van der Waals surface area contributed by atoms with Crippen LogP contribution in [0, 0.1) is 50.2 Å². The van der Waals surface area contributed by atoms with Crippen LogP contribution in [-0.4, -0.2) is 43.3 Å². The summed E-state index contributed by atoms with van der Waals surface area (Å²) >= 11 is 0. The molecule has 0 aromatic heterocycles. The van der Waals surface area contributed by atoms with E-state index in [4.69, 9.17) is 0 Å². The molecule has 4 nitrogen and oxygen atoms in total. The molecule has 0 aliphatic heterocycles. The van der Waals surface area contributed by atoms with Gasteiger partial charge in [0.2, 0.25) is 5.91 Å². The fourth-order valence-corrected chi connectivity index (χ4v) is 11.9. The lowest BCUT2D eigenvalue weighted by atomic mass is 9.33. The van der Waals surface area contributed by atoms with Crippen molar-refractivity contribution in [1.29, 1.82) is 0 Å². The molecular formula is C37H62N2O2. The van der Waals surface area contributed by atoms with E-state index in [1.54, 1.807) is 11.1 Å². The predicted molar refractivity (Wildman–Crippen MR) is 169 cm³/mol. The van der Waals surface area contributed by atoms with Crippen LogP contribution in [-0.2, 0) is 9.59 Å². The van der Waals surface area contributed by atoms with Gasteiger partial charge in [-0.1, -0.05) is 73.5 Å². The largest absolute Gasteiger partial charge is 0.354 e. The summed E-state index contributed by atoms with van der Waals surface area (Å²) in [5.41, 5.74) is 3.97. The van der Waals surface area contributed by atoms with E-state index in [9.17, 15) is 9.59 Å². The average molecular weight is 567 g/mol. The number of aldehydes is 1. The van der Waals surface area contributed by atoms with Gasteiger partial charge in [0.05, 0.1) is 5.41 Å². The molecule has 4 saturated carbocycles. The zero-order valence-corrected chi connectivity index (χ0v) is 28.2. The second-order valence-electron chi connectivity index (χ2n) is 17.2. The van der Waals surface area contributed by atoms with Crippen LogP contribution in [0.1, 0.15) is 133 Å². The first-order chi connectivity index (χ1) is 19.1. The van der Waals surface area contributed by atoms with Crippen molar-refractivity contribution in [3.05, 3.63) is 11.1 Å². The van der Waals surface area contributed by atoms with Crippen LogP contribution >= 0.6 is 0 Å². The number of amides is 1. The maximum atomic E-state index is 14.2. The highest BCUT2D eigenvalue weighted by atomic mass is 16.2. The predicted octanol–water partition coefficient (Wildman–Crippen LogP) is 8.21. The fraction of sp³-hybridized carbons (Fsp3) is 0.892. The molecule has 0 aromatic rings. The molecule has 1 N–H and O–H groups in total. The second-order valence-corrected chi connectivity index (χ2v) is 17.2. The Kier molecular flexibility index (Phi) is 7.99. The van der Waals surface area contributed by atoms with E-state index in [2.05, 4.69) is 72.5 Å². The number of carbonyl (C=O) groups excluding carboxylic acids is 2. The monoisotopic (exact) mass is 566 g/mol. The molecule has 0 radical (unpaired) electrons. The van der Waals surface area contributed by atoms with Gasteiger partial charge in [-0.3, -0.25) is 4.79 Å². The molecule has 0 unspecified atom stereocenters. The summed E-state index contributed by atoms with van der Waals surface area (Å²) in [6.07, 6.45) is 13.8. The zero-order valence-electron chi connectivity index (χ0n) is 28.2. The molecule has 0 bridgehead atoms. The third-order valence-electron chi connectivity index (χ3n) is 14.9. The van der Waals surface area contributed by atoms with Crippen molar-refractivity contribution < 1.29 is 9.59 Å². The smallest absolute Gasteiger partial charge is 0.230 e. The highest BCUT2D eigenvalue weighted by molar-refractivity contribution is 5.87. The molecule has 4 fully saturated rings. The fourth-order valence-electron chi connectivity index (χ4n) is 11.9. The summed E-state index contributed by atoms with van der Waals surface area (Å²) in [6, 6.07) is 0. The maximum Gasteiger partial charge on any atom is 0.230 e. The Labute approximate surface area is 252 Å². The number of rotatable bonds is 7. The normalized spacial score (nSPS) is 42.9. The number of nitrogens with one attached hydrogen (secondary N) is 1. The molecule has 4 heteroatoms. The minimum Gasteiger partial charge on any atom is -0.354 e. The number of carbonyl (C=O) groups is 2. The SMILES string of the molecule is CCN(CC)CCNC(=O)[C@]12CCC(C)(C)CC1=C1CC[C@@H]3[C@@]4(C)CC[C@H](C=O)C(C)(C)[C@@H]4CC[C@@]3(C)[C@]1(C)CC2. The maximum absolute atomic E-state index is 14.2. The van der Waals surface area contributed by atoms with Gasteiger partial charge in [-0.2, -0.15) is 0 Å². The molecule has 1 amide bonds. The van der Waals surface area contributed by atoms with Gasteiger partial charge >= 0.3 is 0 Å². The van der Waals surface area contributed by atoms with E-state index in [0.29, 0.717) is 17.7 Å². The van der Waals surface area contributed by atoms with E-state index in [1.807, 2.05) is 0 Å². The van der Waals surface area contributed by atoms with Gasteiger partial charge < -0.3 is 15.0 Å². The third-order valence-corrected chi connectivity index (χ3v) is 14.9. The topological polar surface area (TPSA) is 49.4 Å². The highest BCUT2D eigenvalue weighted by Crippen LogP contribution is 2.76. The van der Waals surface area contributed by atoms with Crippen LogP contribution < -0.4 is 5.32 Å². The molecule has 0 heterocycles. The van der Waals surface area contributed by atoms with Crippen LogP contribution in [0.5, 0.6) is 0 Å². The van der Waals surface area contributed by atoms with Gasteiger partial charge in [0, 0.05) is 19.0 Å². The number of hydrogen-bond acceptors (Lipinski definition) is 3. The number of allylic oxidation sites excluding steroid dienone is 1. The molecule has 0 saturated heterocycles. The van der Waals surface area contributed by atoms with E-state index in [1.165, 1.54) is 32.0 Å². The molecule has 41 heavy (non-hydrogen) atoms. The Hall–Kier alpha value is -1.16. The van der Waals surface area contributed by atoms with Crippen LogP contribution in [0.4, 0.5) is 0 Å². The quantitative estimate of drug-likeness (QED) is 0.250. The lowest BCUT2D eigenvalue weighted by Crippen LogP contribution is -2.64.